The van der Waals surface area contributed by atoms with Crippen LogP contribution < -0.4 is 29.3 Å². The third-order valence-corrected chi connectivity index (χ3v) is 10.5. The van der Waals surface area contributed by atoms with Crippen molar-refractivity contribution in [2.75, 3.05) is 31.5 Å². The highest BCUT2D eigenvalue weighted by Crippen LogP contribution is 2.55. The molecule has 3 amide bonds. The number of alkyl halides is 3. The molecule has 47 heavy (non-hydrogen) atoms. The summed E-state index contributed by atoms with van der Waals surface area (Å²) in [5.41, 5.74) is -0.771. The van der Waals surface area contributed by atoms with Crippen molar-refractivity contribution < 1.29 is 41.8 Å². The normalized spacial score (nSPS) is 18.9. The lowest BCUT2D eigenvalue weighted by Crippen LogP contribution is -2.33. The van der Waals surface area contributed by atoms with E-state index in [1.807, 2.05) is 0 Å². The second kappa shape index (κ2) is 12.4. The molecule has 15 heteroatoms. The zero-order chi connectivity index (χ0) is 33.6. The van der Waals surface area contributed by atoms with Crippen LogP contribution in [0.15, 0.2) is 76.6 Å². The van der Waals surface area contributed by atoms with E-state index in [4.69, 9.17) is 14.2 Å². The van der Waals surface area contributed by atoms with E-state index in [1.54, 1.807) is 42.5 Å². The van der Waals surface area contributed by atoms with Crippen LogP contribution >= 0.6 is 23.1 Å². The summed E-state index contributed by atoms with van der Waals surface area (Å²) in [5, 5.41) is 1.80. The Balaban J connectivity index is 1.44. The Morgan fingerprint density at radius 3 is 2.26 bits per heavy atom. The number of carbonyl (C=O) groups excluding carboxylic acids is 3. The van der Waals surface area contributed by atoms with E-state index < -0.39 is 63.7 Å². The minimum Gasteiger partial charge on any atom is -0.497 e. The molecule has 0 bridgehead atoms. The zero-order valence-electron chi connectivity index (χ0n) is 25.0. The van der Waals surface area contributed by atoms with Crippen LogP contribution in [0.3, 0.4) is 0 Å². The number of methoxy groups -OCH3 is 3. The molecule has 2 unspecified atom stereocenters. The second-order valence-electron chi connectivity index (χ2n) is 10.6. The molecule has 2 aliphatic rings. The Hall–Kier alpha value is -4.76. The van der Waals surface area contributed by atoms with Crippen molar-refractivity contribution in [3.8, 4) is 17.2 Å². The number of imide groups is 1. The van der Waals surface area contributed by atoms with Gasteiger partial charge in [-0.2, -0.15) is 13.2 Å². The fraction of sp³-hybridized carbons (Fsp3) is 0.250. The minimum absolute atomic E-state index is 0.276. The summed E-state index contributed by atoms with van der Waals surface area (Å²) in [7, 11) is 4.37. The van der Waals surface area contributed by atoms with Crippen LogP contribution in [0.2, 0.25) is 0 Å². The number of ether oxygens (including phenoxy) is 3. The first-order valence-corrected chi connectivity index (χ1v) is 15.8. The molecule has 3 heterocycles. The Morgan fingerprint density at radius 1 is 0.894 bits per heavy atom. The van der Waals surface area contributed by atoms with Crippen molar-refractivity contribution in [1.82, 2.24) is 4.57 Å². The van der Waals surface area contributed by atoms with Gasteiger partial charge in [-0.3, -0.25) is 23.7 Å². The zero-order valence-corrected chi connectivity index (χ0v) is 26.6. The number of rotatable bonds is 8. The number of fused-ring (bicyclic) bond motifs is 2. The van der Waals surface area contributed by atoms with E-state index in [1.165, 1.54) is 38.0 Å². The summed E-state index contributed by atoms with van der Waals surface area (Å²) in [5.74, 6) is -3.04. The summed E-state index contributed by atoms with van der Waals surface area (Å²) >= 11 is 1.70. The highest BCUT2D eigenvalue weighted by Gasteiger charge is 2.58. The quantitative estimate of drug-likeness (QED) is 0.246. The third kappa shape index (κ3) is 5.73. The number of para-hydroxylation sites is 1. The molecule has 3 aromatic carbocycles. The first-order valence-electron chi connectivity index (χ1n) is 14.1. The average molecular weight is 686 g/mol. The van der Waals surface area contributed by atoms with Crippen molar-refractivity contribution in [1.29, 1.82) is 0 Å². The van der Waals surface area contributed by atoms with Gasteiger partial charge in [0.15, 0.2) is 11.5 Å². The van der Waals surface area contributed by atoms with Crippen LogP contribution in [0.1, 0.15) is 21.9 Å². The number of benzene rings is 3. The van der Waals surface area contributed by atoms with E-state index >= 15 is 0 Å². The number of anilines is 2. The Morgan fingerprint density at radius 2 is 1.60 bits per heavy atom. The van der Waals surface area contributed by atoms with E-state index in [9.17, 15) is 32.3 Å². The van der Waals surface area contributed by atoms with Crippen LogP contribution in [-0.4, -0.2) is 48.9 Å². The van der Waals surface area contributed by atoms with Crippen molar-refractivity contribution in [2.24, 2.45) is 5.92 Å². The molecule has 1 saturated heterocycles. The number of thiazole rings is 1. The molecule has 0 radical (unpaired) electrons. The van der Waals surface area contributed by atoms with Gasteiger partial charge in [-0.15, -0.1) is 0 Å². The number of nitrogens with zero attached hydrogens (tertiary/aromatic N) is 2. The number of nitrogens with one attached hydrogen (secondary N) is 1. The monoisotopic (exact) mass is 685 g/mol. The molecule has 244 valence electrons. The van der Waals surface area contributed by atoms with E-state index in [0.717, 1.165) is 35.2 Å². The minimum atomic E-state index is -4.84. The van der Waals surface area contributed by atoms with Crippen LogP contribution in [-0.2, 0) is 27.1 Å². The fourth-order valence-electron chi connectivity index (χ4n) is 5.82. The van der Waals surface area contributed by atoms with Crippen molar-refractivity contribution >= 4 is 52.2 Å². The highest BCUT2D eigenvalue weighted by atomic mass is 32.2. The van der Waals surface area contributed by atoms with Crippen molar-refractivity contribution in [2.45, 2.75) is 28.9 Å². The van der Waals surface area contributed by atoms with Crippen molar-refractivity contribution in [3.63, 3.8) is 0 Å². The van der Waals surface area contributed by atoms with Gasteiger partial charge in [0.05, 0.1) is 43.5 Å². The average Bonchev–Trinajstić information content (AvgIpc) is 3.50. The van der Waals surface area contributed by atoms with Crippen LogP contribution in [0.4, 0.5) is 24.5 Å². The first-order chi connectivity index (χ1) is 22.5. The van der Waals surface area contributed by atoms with Gasteiger partial charge in [-0.25, -0.2) is 4.90 Å². The second-order valence-corrected chi connectivity index (χ2v) is 12.7. The van der Waals surface area contributed by atoms with Crippen molar-refractivity contribution in [3.05, 3.63) is 92.4 Å². The summed E-state index contributed by atoms with van der Waals surface area (Å²) in [6.07, 6.45) is -4.84. The number of amides is 3. The molecule has 2 aliphatic heterocycles. The van der Waals surface area contributed by atoms with Gasteiger partial charge in [0, 0.05) is 16.5 Å². The lowest BCUT2D eigenvalue weighted by atomic mass is 9.83. The van der Waals surface area contributed by atoms with Gasteiger partial charge in [-0.1, -0.05) is 41.3 Å². The van der Waals surface area contributed by atoms with E-state index in [-0.39, 0.29) is 5.03 Å². The number of aromatic nitrogens is 1. The number of halogens is 3. The maximum atomic E-state index is 14.1. The summed E-state index contributed by atoms with van der Waals surface area (Å²) < 4.78 is 59.3. The van der Waals surface area contributed by atoms with Gasteiger partial charge in [0.25, 0.3) is 0 Å². The third-order valence-electron chi connectivity index (χ3n) is 7.94. The number of thioether (sulfide) groups is 1. The predicted octanol–water partition coefficient (Wildman–Crippen LogP) is 5.39. The molecule has 1 aromatic heterocycles. The maximum Gasteiger partial charge on any atom is 0.418 e. The van der Waals surface area contributed by atoms with Gasteiger partial charge in [0.1, 0.15) is 17.5 Å². The van der Waals surface area contributed by atoms with Gasteiger partial charge < -0.3 is 19.5 Å². The number of carbonyl (C=O) groups is 3. The molecule has 6 rings (SSSR count). The van der Waals surface area contributed by atoms with E-state index in [2.05, 4.69) is 5.32 Å². The Labute approximate surface area is 274 Å². The van der Waals surface area contributed by atoms with Crippen LogP contribution in [0, 0.1) is 5.92 Å². The first kappa shape index (κ1) is 32.2. The topological polar surface area (TPSA) is 116 Å². The molecular weight excluding hydrogens is 659 g/mol. The molecule has 0 aliphatic carbocycles. The van der Waals surface area contributed by atoms with Crippen LogP contribution in [0.25, 0.3) is 0 Å². The fourth-order valence-corrected chi connectivity index (χ4v) is 8.60. The van der Waals surface area contributed by atoms with Gasteiger partial charge in [0.2, 0.25) is 17.7 Å². The maximum absolute atomic E-state index is 14.1. The number of hydrogen-bond acceptors (Lipinski definition) is 9. The molecule has 1 N–H and O–H groups in total. The summed E-state index contributed by atoms with van der Waals surface area (Å²) in [6, 6.07) is 15.8. The summed E-state index contributed by atoms with van der Waals surface area (Å²) in [4.78, 5) is 55.1. The van der Waals surface area contributed by atoms with Gasteiger partial charge in [-0.05, 0) is 54.1 Å². The Bertz CT molecular complexity index is 1940. The smallest absolute Gasteiger partial charge is 0.418 e. The molecule has 1 fully saturated rings. The van der Waals surface area contributed by atoms with E-state index in [0.29, 0.717) is 38.3 Å². The lowest BCUT2D eigenvalue weighted by molar-refractivity contribution is -0.137. The van der Waals surface area contributed by atoms with Crippen LogP contribution in [0.5, 0.6) is 17.2 Å². The predicted molar refractivity (Wildman–Crippen MR) is 169 cm³/mol. The number of hydrogen-bond donors (Lipinski definition) is 1. The SMILES string of the molecule is COc1ccc(NC(=O)Cn2c3c(sc2=O)[C@H](c2ccc(OC)c(OC)c2)C2C(=O)N(c4ccccc4C(F)(F)F)C(=O)C2S3)cc1. The lowest BCUT2D eigenvalue weighted by Gasteiger charge is -2.31. The molecule has 0 spiro atoms. The molecular formula is C32H26F3N3O7S2. The molecule has 0 saturated carbocycles. The standard InChI is InChI=1S/C32H26F3N3O7S2/c1-43-18-11-9-17(10-12-18)36-23(39)15-37-30-27(47-31(37)42)24(16-8-13-21(44-2)22(14-16)45-3)25-26(46-30)29(41)38(28(25)40)20-7-5-4-6-19(20)32(33,34)35/h4-14,24-26H,15H2,1-3H3,(H,36,39)/t24-,25?,26?/m1/s1. The van der Waals surface area contributed by atoms with Gasteiger partial charge >= 0.3 is 11.0 Å². The summed E-state index contributed by atoms with van der Waals surface area (Å²) in [6.45, 7) is -0.414. The largest absolute Gasteiger partial charge is 0.497 e. The molecule has 4 aromatic rings. The Kier molecular flexibility index (Phi) is 8.53. The molecule has 3 atom stereocenters. The highest BCUT2D eigenvalue weighted by molar-refractivity contribution is 8.00. The molecule has 10 nitrogen and oxygen atoms in total.